The Labute approximate surface area is 178 Å². The van der Waals surface area contributed by atoms with E-state index in [9.17, 15) is 19.5 Å². The predicted molar refractivity (Wildman–Crippen MR) is 112 cm³/mol. The first-order valence-corrected chi connectivity index (χ1v) is 11.0. The molecule has 1 aromatic rings. The summed E-state index contributed by atoms with van der Waals surface area (Å²) in [6, 6.07) is 4.61. The maximum absolute atomic E-state index is 13.5. The van der Waals surface area contributed by atoms with E-state index in [0.29, 0.717) is 17.1 Å². The molecule has 1 spiro atoms. The number of β-amino-alcohol motifs (C(OH)–C–C–N with tert-alkyl or cyclic N) is 1. The molecule has 0 aromatic heterocycles. The molecule has 2 unspecified atom stereocenters. The summed E-state index contributed by atoms with van der Waals surface area (Å²) in [7, 11) is 1.57. The van der Waals surface area contributed by atoms with Crippen molar-refractivity contribution in [3.05, 3.63) is 28.8 Å². The fourth-order valence-electron chi connectivity index (χ4n) is 5.25. The highest BCUT2D eigenvalue weighted by Gasteiger charge is 2.73. The molecule has 29 heavy (non-hydrogen) atoms. The largest absolute Gasteiger partial charge is 0.395 e. The first-order chi connectivity index (χ1) is 13.9. The number of para-hydroxylation sites is 1. The fraction of sp³-hybridized carbons (Fsp3) is 0.550. The van der Waals surface area contributed by atoms with Crippen molar-refractivity contribution in [3.8, 4) is 0 Å². The van der Waals surface area contributed by atoms with E-state index in [2.05, 4.69) is 10.6 Å². The van der Waals surface area contributed by atoms with Crippen molar-refractivity contribution in [1.82, 2.24) is 10.2 Å². The van der Waals surface area contributed by atoms with Crippen LogP contribution in [0.1, 0.15) is 18.4 Å². The summed E-state index contributed by atoms with van der Waals surface area (Å²) in [5.41, 5.74) is 1.35. The van der Waals surface area contributed by atoms with Crippen LogP contribution >= 0.6 is 23.4 Å². The van der Waals surface area contributed by atoms with Gasteiger partial charge in [-0.25, -0.2) is 0 Å². The second kappa shape index (κ2) is 7.49. The molecule has 9 heteroatoms. The minimum atomic E-state index is -0.757. The molecule has 3 amide bonds. The molecular formula is C20H24ClN3O4S. The van der Waals surface area contributed by atoms with Crippen molar-refractivity contribution in [2.24, 2.45) is 11.8 Å². The van der Waals surface area contributed by atoms with Crippen LogP contribution in [0.4, 0.5) is 5.69 Å². The summed E-state index contributed by atoms with van der Waals surface area (Å²) >= 11 is 7.88. The zero-order chi connectivity index (χ0) is 20.9. The average Bonchev–Trinajstić information content (AvgIpc) is 3.32. The maximum Gasteiger partial charge on any atom is 0.248 e. The highest BCUT2D eigenvalue weighted by atomic mass is 35.5. The molecule has 156 valence electrons. The normalized spacial score (nSPS) is 32.4. The van der Waals surface area contributed by atoms with Gasteiger partial charge in [0.15, 0.2) is 0 Å². The number of carbonyl (C=O) groups is 3. The number of amides is 3. The van der Waals surface area contributed by atoms with Gasteiger partial charge in [-0.15, -0.1) is 11.8 Å². The number of fused-ring (bicyclic) bond motifs is 1. The van der Waals surface area contributed by atoms with Gasteiger partial charge in [0.2, 0.25) is 17.7 Å². The Morgan fingerprint density at radius 3 is 2.79 bits per heavy atom. The van der Waals surface area contributed by atoms with Gasteiger partial charge in [0.1, 0.15) is 6.04 Å². The van der Waals surface area contributed by atoms with Crippen molar-refractivity contribution in [2.75, 3.05) is 25.5 Å². The van der Waals surface area contributed by atoms with Gasteiger partial charge in [-0.05, 0) is 31.4 Å². The third-order valence-corrected chi connectivity index (χ3v) is 8.68. The lowest BCUT2D eigenvalue weighted by molar-refractivity contribution is -0.139. The van der Waals surface area contributed by atoms with Gasteiger partial charge in [-0.1, -0.05) is 23.7 Å². The highest BCUT2D eigenvalue weighted by Crippen LogP contribution is 2.66. The predicted octanol–water partition coefficient (Wildman–Crippen LogP) is 1.42. The average molecular weight is 438 g/mol. The zero-order valence-electron chi connectivity index (χ0n) is 16.3. The lowest BCUT2D eigenvalue weighted by Crippen LogP contribution is -2.52. The van der Waals surface area contributed by atoms with Crippen LogP contribution in [-0.4, -0.2) is 64.0 Å². The maximum atomic E-state index is 13.5. The molecular weight excluding hydrogens is 414 g/mol. The number of benzene rings is 1. The Balaban J connectivity index is 1.72. The second-order valence-corrected chi connectivity index (χ2v) is 9.85. The van der Waals surface area contributed by atoms with E-state index < -0.39 is 22.6 Å². The topological polar surface area (TPSA) is 98.7 Å². The third-order valence-electron chi connectivity index (χ3n) is 6.41. The van der Waals surface area contributed by atoms with Crippen LogP contribution in [0.2, 0.25) is 5.02 Å². The smallest absolute Gasteiger partial charge is 0.248 e. The summed E-state index contributed by atoms with van der Waals surface area (Å²) < 4.78 is -0.659. The number of nitrogens with one attached hydrogen (secondary N) is 2. The molecule has 7 nitrogen and oxygen atoms in total. The standard InChI is InChI=1S/C20H24ClN3O4S/c1-10-4-3-5-11(21)15(10)23-18(27)16-20-7-6-12(29-20)13(17(26)22-2)14(20)19(28)24(16)8-9-25/h3-5,12-14,16,25H,6-9H2,1-2H3,(H,22,26)(H,23,27)/t12-,13+,14-,16?,20?/m0/s1. The summed E-state index contributed by atoms with van der Waals surface area (Å²) in [6.45, 7) is 1.66. The number of hydrogen-bond acceptors (Lipinski definition) is 5. The van der Waals surface area contributed by atoms with Gasteiger partial charge in [-0.3, -0.25) is 14.4 Å². The van der Waals surface area contributed by atoms with E-state index in [1.54, 1.807) is 24.9 Å². The quantitative estimate of drug-likeness (QED) is 0.647. The zero-order valence-corrected chi connectivity index (χ0v) is 17.8. The van der Waals surface area contributed by atoms with Crippen LogP contribution in [0.5, 0.6) is 0 Å². The number of anilines is 1. The molecule has 0 saturated carbocycles. The Morgan fingerprint density at radius 2 is 2.14 bits per heavy atom. The lowest BCUT2D eigenvalue weighted by Gasteiger charge is -2.34. The van der Waals surface area contributed by atoms with Crippen LogP contribution in [0, 0.1) is 18.8 Å². The van der Waals surface area contributed by atoms with Crippen molar-refractivity contribution < 1.29 is 19.5 Å². The number of likely N-dealkylation sites (tertiary alicyclic amines) is 1. The van der Waals surface area contributed by atoms with Crippen LogP contribution < -0.4 is 10.6 Å². The van der Waals surface area contributed by atoms with E-state index in [1.807, 2.05) is 19.1 Å². The molecule has 3 aliphatic rings. The number of carbonyl (C=O) groups excluding carboxylic acids is 3. The van der Waals surface area contributed by atoms with Gasteiger partial charge in [-0.2, -0.15) is 0 Å². The summed E-state index contributed by atoms with van der Waals surface area (Å²) in [5.74, 6) is -1.71. The number of halogens is 1. The third kappa shape index (κ3) is 2.95. The van der Waals surface area contributed by atoms with E-state index in [-0.39, 0.29) is 36.1 Å². The van der Waals surface area contributed by atoms with Gasteiger partial charge >= 0.3 is 0 Å². The van der Waals surface area contributed by atoms with Crippen molar-refractivity contribution >= 4 is 46.8 Å². The Morgan fingerprint density at radius 1 is 1.38 bits per heavy atom. The molecule has 3 saturated heterocycles. The van der Waals surface area contributed by atoms with Gasteiger partial charge in [0, 0.05) is 18.8 Å². The SMILES string of the molecule is CNC(=O)[C@@H]1[C@@H]2CCC3(S2)C(C(=O)Nc2c(C)cccc2Cl)N(CCO)C(=O)[C@H]13. The minimum Gasteiger partial charge on any atom is -0.395 e. The summed E-state index contributed by atoms with van der Waals surface area (Å²) in [5, 5.41) is 15.6. The summed E-state index contributed by atoms with van der Waals surface area (Å²) in [6.07, 6.45) is 1.47. The molecule has 3 fully saturated rings. The number of aliphatic hydroxyl groups excluding tert-OH is 1. The molecule has 3 heterocycles. The molecule has 3 N–H and O–H groups in total. The Kier molecular flexibility index (Phi) is 5.29. The molecule has 1 aromatic carbocycles. The van der Waals surface area contributed by atoms with Crippen molar-refractivity contribution in [2.45, 2.75) is 35.8 Å². The van der Waals surface area contributed by atoms with Crippen LogP contribution in [0.25, 0.3) is 0 Å². The number of nitrogens with zero attached hydrogens (tertiary/aromatic N) is 1. The highest BCUT2D eigenvalue weighted by molar-refractivity contribution is 8.02. The molecule has 2 bridgehead atoms. The monoisotopic (exact) mass is 437 g/mol. The van der Waals surface area contributed by atoms with E-state index in [0.717, 1.165) is 12.0 Å². The van der Waals surface area contributed by atoms with Gasteiger partial charge < -0.3 is 20.6 Å². The van der Waals surface area contributed by atoms with E-state index >= 15 is 0 Å². The van der Waals surface area contributed by atoms with Gasteiger partial charge in [0.05, 0.1) is 33.9 Å². The van der Waals surface area contributed by atoms with Crippen LogP contribution in [-0.2, 0) is 14.4 Å². The lowest BCUT2D eigenvalue weighted by atomic mass is 9.70. The van der Waals surface area contributed by atoms with Gasteiger partial charge in [0.25, 0.3) is 0 Å². The Bertz CT molecular complexity index is 861. The van der Waals surface area contributed by atoms with Crippen LogP contribution in [0.15, 0.2) is 18.2 Å². The molecule has 3 aliphatic heterocycles. The van der Waals surface area contributed by atoms with E-state index in [4.69, 9.17) is 11.6 Å². The molecule has 5 atom stereocenters. The fourth-order valence-corrected chi connectivity index (χ4v) is 7.74. The second-order valence-electron chi connectivity index (χ2n) is 7.85. The number of rotatable bonds is 5. The number of thioether (sulfide) groups is 1. The van der Waals surface area contributed by atoms with Crippen molar-refractivity contribution in [1.29, 1.82) is 0 Å². The number of aliphatic hydroxyl groups is 1. The summed E-state index contributed by atoms with van der Waals surface area (Å²) in [4.78, 5) is 40.8. The van der Waals surface area contributed by atoms with E-state index in [1.165, 1.54) is 4.90 Å². The molecule has 0 radical (unpaired) electrons. The molecule has 0 aliphatic carbocycles. The first kappa shape index (κ1) is 20.5. The molecule has 4 rings (SSSR count). The number of hydrogen-bond donors (Lipinski definition) is 3. The Hall–Kier alpha value is -1.77. The number of aryl methyl sites for hydroxylation is 1. The first-order valence-electron chi connectivity index (χ1n) is 9.72. The van der Waals surface area contributed by atoms with Crippen LogP contribution in [0.3, 0.4) is 0 Å². The van der Waals surface area contributed by atoms with Crippen molar-refractivity contribution in [3.63, 3.8) is 0 Å². The minimum absolute atomic E-state index is 0.0255.